The lowest BCUT2D eigenvalue weighted by Gasteiger charge is -2.07. The lowest BCUT2D eigenvalue weighted by molar-refractivity contribution is 0.796. The Hall–Kier alpha value is -2.90. The van der Waals surface area contributed by atoms with Crippen molar-refractivity contribution in [1.82, 2.24) is 34.7 Å². The van der Waals surface area contributed by atoms with E-state index in [0.29, 0.717) is 24.3 Å². The van der Waals surface area contributed by atoms with Gasteiger partial charge in [0.15, 0.2) is 5.82 Å². The zero-order chi connectivity index (χ0) is 14.7. The summed E-state index contributed by atoms with van der Waals surface area (Å²) in [6, 6.07) is 1.98. The molecular weight excluding hydrogens is 268 g/mol. The molecule has 106 valence electrons. The molecule has 8 heteroatoms. The number of aryl methyl sites for hydroxylation is 1. The Morgan fingerprint density at radius 1 is 1.14 bits per heavy atom. The van der Waals surface area contributed by atoms with E-state index in [2.05, 4.69) is 35.3 Å². The Labute approximate surface area is 121 Å². The van der Waals surface area contributed by atoms with Gasteiger partial charge in [-0.1, -0.05) is 0 Å². The Bertz CT molecular complexity index is 738. The van der Waals surface area contributed by atoms with Gasteiger partial charge < -0.3 is 5.32 Å². The van der Waals surface area contributed by atoms with E-state index >= 15 is 0 Å². The maximum absolute atomic E-state index is 4.43. The molecule has 0 spiro atoms. The van der Waals surface area contributed by atoms with Crippen LogP contribution in [0.25, 0.3) is 17.3 Å². The Kier molecular flexibility index (Phi) is 3.50. The smallest absolute Gasteiger partial charge is 0.257 e. The van der Waals surface area contributed by atoms with Gasteiger partial charge in [-0.15, -0.1) is 0 Å². The van der Waals surface area contributed by atoms with Gasteiger partial charge in [-0.3, -0.25) is 4.98 Å². The summed E-state index contributed by atoms with van der Waals surface area (Å²) in [6.45, 7) is 4.67. The summed E-state index contributed by atoms with van der Waals surface area (Å²) in [4.78, 5) is 21.2. The first-order valence-electron chi connectivity index (χ1n) is 6.53. The molecule has 0 atom stereocenters. The van der Waals surface area contributed by atoms with E-state index < -0.39 is 0 Å². The van der Waals surface area contributed by atoms with Gasteiger partial charge in [-0.05, 0) is 25.5 Å². The SMILES string of the molecule is CCNc1nc(-c2cncc(C)c2)nc(-n2cncn2)n1. The minimum Gasteiger partial charge on any atom is -0.354 e. The van der Waals surface area contributed by atoms with Crippen LogP contribution in [0.1, 0.15) is 12.5 Å². The molecule has 3 rings (SSSR count). The predicted molar refractivity (Wildman–Crippen MR) is 76.9 cm³/mol. The fourth-order valence-electron chi connectivity index (χ4n) is 1.82. The molecule has 0 aliphatic rings. The van der Waals surface area contributed by atoms with E-state index in [-0.39, 0.29) is 0 Å². The van der Waals surface area contributed by atoms with Crippen molar-refractivity contribution in [2.75, 3.05) is 11.9 Å². The predicted octanol–water partition coefficient (Wildman–Crippen LogP) is 1.25. The van der Waals surface area contributed by atoms with Crippen LogP contribution in [0, 0.1) is 6.92 Å². The van der Waals surface area contributed by atoms with Crippen molar-refractivity contribution < 1.29 is 0 Å². The van der Waals surface area contributed by atoms with E-state index in [1.165, 1.54) is 11.0 Å². The number of nitrogens with one attached hydrogen (secondary N) is 1. The third kappa shape index (κ3) is 2.83. The largest absolute Gasteiger partial charge is 0.354 e. The minimum atomic E-state index is 0.412. The molecule has 0 saturated carbocycles. The summed E-state index contributed by atoms with van der Waals surface area (Å²) < 4.78 is 1.50. The molecule has 0 amide bonds. The first-order chi connectivity index (χ1) is 10.3. The van der Waals surface area contributed by atoms with Crippen molar-refractivity contribution in [1.29, 1.82) is 0 Å². The molecule has 0 fully saturated rings. The van der Waals surface area contributed by atoms with Crippen LogP contribution < -0.4 is 5.32 Å². The summed E-state index contributed by atoms with van der Waals surface area (Å²) in [5, 5.41) is 7.14. The van der Waals surface area contributed by atoms with E-state index in [1.807, 2.05) is 19.9 Å². The van der Waals surface area contributed by atoms with E-state index in [4.69, 9.17) is 0 Å². The summed E-state index contributed by atoms with van der Waals surface area (Å²) in [6.07, 6.45) is 6.49. The molecule has 0 radical (unpaired) electrons. The number of hydrogen-bond donors (Lipinski definition) is 1. The van der Waals surface area contributed by atoms with Crippen molar-refractivity contribution in [3.05, 3.63) is 36.7 Å². The van der Waals surface area contributed by atoms with Gasteiger partial charge in [0.25, 0.3) is 5.95 Å². The zero-order valence-corrected chi connectivity index (χ0v) is 11.7. The van der Waals surface area contributed by atoms with Crippen LogP contribution in [-0.4, -0.2) is 41.2 Å². The molecule has 0 bridgehead atoms. The quantitative estimate of drug-likeness (QED) is 0.769. The zero-order valence-electron chi connectivity index (χ0n) is 11.7. The molecule has 3 aromatic heterocycles. The standard InChI is InChI=1S/C13H14N8/c1-3-16-12-18-11(10-4-9(2)5-14-6-10)19-13(20-12)21-8-15-7-17-21/h4-8H,3H2,1-2H3,(H,16,18,19,20). The lowest BCUT2D eigenvalue weighted by atomic mass is 10.2. The number of hydrogen-bond acceptors (Lipinski definition) is 7. The number of aromatic nitrogens is 7. The molecule has 1 N–H and O–H groups in total. The van der Waals surface area contributed by atoms with E-state index in [0.717, 1.165) is 11.1 Å². The van der Waals surface area contributed by atoms with Crippen LogP contribution >= 0.6 is 0 Å². The van der Waals surface area contributed by atoms with Crippen molar-refractivity contribution in [2.45, 2.75) is 13.8 Å². The fourth-order valence-corrected chi connectivity index (χ4v) is 1.82. The highest BCUT2D eigenvalue weighted by Gasteiger charge is 2.10. The Morgan fingerprint density at radius 2 is 2.05 bits per heavy atom. The van der Waals surface area contributed by atoms with E-state index in [9.17, 15) is 0 Å². The molecule has 3 aromatic rings. The summed E-state index contributed by atoms with van der Waals surface area (Å²) in [7, 11) is 0. The minimum absolute atomic E-state index is 0.412. The highest BCUT2D eigenvalue weighted by atomic mass is 15.4. The van der Waals surface area contributed by atoms with Gasteiger partial charge in [0, 0.05) is 24.5 Å². The van der Waals surface area contributed by atoms with Crippen molar-refractivity contribution in [3.8, 4) is 17.3 Å². The van der Waals surface area contributed by atoms with Crippen LogP contribution in [0.5, 0.6) is 0 Å². The Balaban J connectivity index is 2.11. The second kappa shape index (κ2) is 5.61. The number of nitrogens with zero attached hydrogens (tertiary/aromatic N) is 7. The molecule has 0 aromatic carbocycles. The van der Waals surface area contributed by atoms with Crippen molar-refractivity contribution in [3.63, 3.8) is 0 Å². The number of pyridine rings is 1. The number of anilines is 1. The van der Waals surface area contributed by atoms with Crippen molar-refractivity contribution >= 4 is 5.95 Å². The summed E-state index contributed by atoms with van der Waals surface area (Å²) >= 11 is 0. The van der Waals surface area contributed by atoms with Crippen LogP contribution in [0.3, 0.4) is 0 Å². The molecule has 0 aliphatic carbocycles. The molecular formula is C13H14N8. The van der Waals surface area contributed by atoms with Crippen LogP contribution in [0.15, 0.2) is 31.1 Å². The molecule has 8 nitrogen and oxygen atoms in total. The normalized spacial score (nSPS) is 10.6. The van der Waals surface area contributed by atoms with Crippen LogP contribution in [0.4, 0.5) is 5.95 Å². The average Bonchev–Trinajstić information content (AvgIpc) is 3.01. The topological polar surface area (TPSA) is 94.3 Å². The third-order valence-electron chi connectivity index (χ3n) is 2.72. The maximum atomic E-state index is 4.43. The van der Waals surface area contributed by atoms with Crippen LogP contribution in [0.2, 0.25) is 0 Å². The lowest BCUT2D eigenvalue weighted by Crippen LogP contribution is -2.10. The van der Waals surface area contributed by atoms with Gasteiger partial charge in [0.05, 0.1) is 0 Å². The van der Waals surface area contributed by atoms with E-state index in [1.54, 1.807) is 18.7 Å². The fraction of sp³-hybridized carbons (Fsp3) is 0.231. The highest BCUT2D eigenvalue weighted by Crippen LogP contribution is 2.17. The first-order valence-corrected chi connectivity index (χ1v) is 6.53. The van der Waals surface area contributed by atoms with Gasteiger partial charge in [0.2, 0.25) is 5.95 Å². The highest BCUT2D eigenvalue weighted by molar-refractivity contribution is 5.56. The maximum Gasteiger partial charge on any atom is 0.257 e. The third-order valence-corrected chi connectivity index (χ3v) is 2.72. The molecule has 0 saturated heterocycles. The second-order valence-corrected chi connectivity index (χ2v) is 4.40. The molecule has 3 heterocycles. The summed E-state index contributed by atoms with van der Waals surface area (Å²) in [5.41, 5.74) is 1.87. The van der Waals surface area contributed by atoms with Crippen molar-refractivity contribution in [2.24, 2.45) is 0 Å². The Morgan fingerprint density at radius 3 is 2.76 bits per heavy atom. The molecule has 0 aliphatic heterocycles. The van der Waals surface area contributed by atoms with Gasteiger partial charge in [0.1, 0.15) is 12.7 Å². The summed E-state index contributed by atoms with van der Waals surface area (Å²) in [5.74, 6) is 1.45. The molecule has 21 heavy (non-hydrogen) atoms. The first kappa shape index (κ1) is 13.1. The van der Waals surface area contributed by atoms with Gasteiger partial charge in [-0.2, -0.15) is 24.7 Å². The van der Waals surface area contributed by atoms with Gasteiger partial charge in [-0.25, -0.2) is 4.98 Å². The monoisotopic (exact) mass is 282 g/mol. The second-order valence-electron chi connectivity index (χ2n) is 4.40. The number of rotatable bonds is 4. The van der Waals surface area contributed by atoms with Gasteiger partial charge >= 0.3 is 0 Å². The molecule has 0 unspecified atom stereocenters. The average molecular weight is 282 g/mol. The van der Waals surface area contributed by atoms with Crippen LogP contribution in [-0.2, 0) is 0 Å².